The Bertz CT molecular complexity index is 230. The van der Waals surface area contributed by atoms with Crippen LogP contribution in [0, 0.1) is 0 Å². The molecule has 0 aliphatic rings. The molecule has 0 N–H and O–H groups in total. The first kappa shape index (κ1) is 29.8. The summed E-state index contributed by atoms with van der Waals surface area (Å²) >= 11 is 10.5. The smallest absolute Gasteiger partial charge is 0.548 e. The Labute approximate surface area is 193 Å². The minimum atomic E-state index is -1.02. The summed E-state index contributed by atoms with van der Waals surface area (Å²) in [4.78, 5) is 28.7. The van der Waals surface area contributed by atoms with E-state index in [-0.39, 0.29) is 8.41 Å². The third-order valence-corrected chi connectivity index (χ3v) is 3.59. The SMILES string of the molecule is O=C([O-])C(I)I.O=C([O-])C(I)I.O=C([O-])C(I)I.[B+3]. The standard InChI is InChI=1S/3C2H2I2O2.B/c3*3-1(4)2(5)6;/h3*1H,(H,5,6);/q;;;+3/p-3. The molecular formula is C6H3BI6O6. The van der Waals surface area contributed by atoms with Crippen molar-refractivity contribution in [3.05, 3.63) is 0 Å². The number of rotatable bonds is 3. The Balaban J connectivity index is -0.0000000865. The van der Waals surface area contributed by atoms with Crippen LogP contribution in [0.3, 0.4) is 0 Å². The first-order chi connectivity index (χ1) is 7.93. The zero-order valence-electron chi connectivity index (χ0n) is 8.53. The summed E-state index contributed by atoms with van der Waals surface area (Å²) in [6.07, 6.45) is 0. The van der Waals surface area contributed by atoms with Crippen molar-refractivity contribution in [2.24, 2.45) is 0 Å². The first-order valence-electron chi connectivity index (χ1n) is 3.40. The van der Waals surface area contributed by atoms with Crippen molar-refractivity contribution < 1.29 is 29.7 Å². The van der Waals surface area contributed by atoms with Crippen LogP contribution >= 0.6 is 136 Å². The monoisotopic (exact) mass is 943 g/mol. The molecule has 0 aliphatic heterocycles. The van der Waals surface area contributed by atoms with Crippen LogP contribution in [0.25, 0.3) is 0 Å². The summed E-state index contributed by atoms with van der Waals surface area (Å²) in [5, 5.41) is 28.7. The molecule has 0 aromatic rings. The second kappa shape index (κ2) is 18.9. The maximum Gasteiger partial charge on any atom is 3.00 e. The molecule has 108 valence electrons. The summed E-state index contributed by atoms with van der Waals surface area (Å²) in [6.45, 7) is 0. The van der Waals surface area contributed by atoms with Crippen LogP contribution in [-0.2, 0) is 14.4 Å². The van der Waals surface area contributed by atoms with Gasteiger partial charge in [-0.3, -0.25) is 0 Å². The maximum atomic E-state index is 9.57. The van der Waals surface area contributed by atoms with Gasteiger partial charge in [0.1, 0.15) is 5.79 Å². The van der Waals surface area contributed by atoms with Crippen molar-refractivity contribution >= 4 is 162 Å². The second-order valence-corrected chi connectivity index (χ2v) is 16.5. The molecule has 0 amide bonds. The van der Waals surface area contributed by atoms with E-state index in [1.54, 1.807) is 136 Å². The second-order valence-electron chi connectivity index (χ2n) is 1.86. The Morgan fingerprint density at radius 2 is 0.632 bits per heavy atom. The molecule has 13 heteroatoms. The van der Waals surface area contributed by atoms with Crippen molar-refractivity contribution in [1.29, 1.82) is 0 Å². The number of halogens is 6. The van der Waals surface area contributed by atoms with Gasteiger partial charge in [-0.05, 0) is 0 Å². The molecule has 0 unspecified atom stereocenters. The Morgan fingerprint density at radius 3 is 0.632 bits per heavy atom. The predicted octanol–water partition coefficient (Wildman–Crippen LogP) is -0.584. The first-order valence-corrected chi connectivity index (χ1v) is 10.9. The van der Waals surface area contributed by atoms with Crippen molar-refractivity contribution in [3.63, 3.8) is 0 Å². The van der Waals surface area contributed by atoms with E-state index in [0.717, 1.165) is 0 Å². The maximum absolute atomic E-state index is 9.57. The third-order valence-electron chi connectivity index (χ3n) is 0.535. The fourth-order valence-corrected chi connectivity index (χ4v) is 0. The van der Waals surface area contributed by atoms with Gasteiger partial charge < -0.3 is 29.7 Å². The summed E-state index contributed by atoms with van der Waals surface area (Å²) in [5.74, 6) is -3.05. The third kappa shape index (κ3) is 33.6. The van der Waals surface area contributed by atoms with Gasteiger partial charge in [0.05, 0.1) is 17.9 Å². The van der Waals surface area contributed by atoms with Gasteiger partial charge in [0.25, 0.3) is 0 Å². The Kier molecular flexibility index (Phi) is 29.7. The van der Waals surface area contributed by atoms with Crippen LogP contribution in [0.2, 0.25) is 0 Å². The summed E-state index contributed by atoms with van der Waals surface area (Å²) in [6, 6.07) is 0. The fraction of sp³-hybridized carbons (Fsp3) is 0.500. The quantitative estimate of drug-likeness (QED) is 0.213. The summed E-state index contributed by atoms with van der Waals surface area (Å²) in [5.41, 5.74) is 0. The van der Waals surface area contributed by atoms with Crippen molar-refractivity contribution in [2.45, 2.75) is 5.79 Å². The molecule has 0 spiro atoms. The molecule has 0 fully saturated rings. The molecule has 6 nitrogen and oxygen atoms in total. The molecule has 0 atom stereocenters. The van der Waals surface area contributed by atoms with Crippen LogP contribution in [-0.4, -0.2) is 32.1 Å². The van der Waals surface area contributed by atoms with E-state index in [1.165, 1.54) is 0 Å². The molecule has 0 saturated heterocycles. The minimum Gasteiger partial charge on any atom is -0.548 e. The van der Waals surface area contributed by atoms with E-state index >= 15 is 0 Å². The van der Waals surface area contributed by atoms with Crippen molar-refractivity contribution in [1.82, 2.24) is 0 Å². The van der Waals surface area contributed by atoms with Crippen molar-refractivity contribution in [2.75, 3.05) is 0 Å². The zero-order valence-corrected chi connectivity index (χ0v) is 21.5. The predicted molar refractivity (Wildman–Crippen MR) is 116 cm³/mol. The van der Waals surface area contributed by atoms with E-state index in [2.05, 4.69) is 0 Å². The van der Waals surface area contributed by atoms with Gasteiger partial charge >= 0.3 is 8.41 Å². The fourth-order valence-electron chi connectivity index (χ4n) is 0. The molecule has 0 heterocycles. The summed E-state index contributed by atoms with van der Waals surface area (Å²) < 4.78 is -1.21. The largest absolute Gasteiger partial charge is 3.00 e. The molecular weight excluding hydrogens is 940 g/mol. The van der Waals surface area contributed by atoms with Gasteiger partial charge in [-0.1, -0.05) is 136 Å². The number of hydrogen-bond donors (Lipinski definition) is 0. The molecule has 0 aromatic carbocycles. The Morgan fingerprint density at radius 1 is 0.579 bits per heavy atom. The molecule has 0 aromatic heterocycles. The molecule has 0 rings (SSSR count). The number of carbonyl (C=O) groups excluding carboxylic acids is 3. The molecule has 0 aliphatic carbocycles. The molecule has 0 radical (unpaired) electrons. The number of aliphatic carboxylic acids is 3. The molecule has 0 bridgehead atoms. The zero-order chi connectivity index (χ0) is 15.5. The van der Waals surface area contributed by atoms with Crippen LogP contribution in [0.4, 0.5) is 0 Å². The number of carboxylic acids is 3. The van der Waals surface area contributed by atoms with E-state index < -0.39 is 23.7 Å². The van der Waals surface area contributed by atoms with Gasteiger partial charge in [0, 0.05) is 0 Å². The van der Waals surface area contributed by atoms with Crippen molar-refractivity contribution in [3.8, 4) is 0 Å². The van der Waals surface area contributed by atoms with Crippen LogP contribution in [0.1, 0.15) is 0 Å². The number of carboxylic acid groups (broad SMARTS) is 3. The Hall–Kier alpha value is 2.85. The number of alkyl halides is 6. The average Bonchev–Trinajstić information content (AvgIpc) is 2.18. The summed E-state index contributed by atoms with van der Waals surface area (Å²) in [7, 11) is 0. The number of hydrogen-bond acceptors (Lipinski definition) is 6. The van der Waals surface area contributed by atoms with Crippen LogP contribution < -0.4 is 15.3 Å². The average molecular weight is 943 g/mol. The van der Waals surface area contributed by atoms with Gasteiger partial charge in [0.15, 0.2) is 0 Å². The van der Waals surface area contributed by atoms with Crippen LogP contribution in [0.5, 0.6) is 0 Å². The van der Waals surface area contributed by atoms with Gasteiger partial charge in [-0.2, -0.15) is 0 Å². The van der Waals surface area contributed by atoms with E-state index in [4.69, 9.17) is 0 Å². The molecule has 0 saturated carbocycles. The van der Waals surface area contributed by atoms with E-state index in [0.29, 0.717) is 0 Å². The van der Waals surface area contributed by atoms with E-state index in [9.17, 15) is 29.7 Å². The minimum absolute atomic E-state index is 0. The topological polar surface area (TPSA) is 120 Å². The van der Waals surface area contributed by atoms with Gasteiger partial charge in [-0.25, -0.2) is 0 Å². The van der Waals surface area contributed by atoms with Gasteiger partial charge in [-0.15, -0.1) is 0 Å². The van der Waals surface area contributed by atoms with E-state index in [1.807, 2.05) is 0 Å². The molecule has 19 heavy (non-hydrogen) atoms. The number of carbonyl (C=O) groups is 3. The normalized spacial score (nSPS) is 8.68. The van der Waals surface area contributed by atoms with Gasteiger partial charge in [0.2, 0.25) is 0 Å². The van der Waals surface area contributed by atoms with Crippen LogP contribution in [0.15, 0.2) is 0 Å².